The van der Waals surface area contributed by atoms with Crippen LogP contribution >= 0.6 is 0 Å². The first kappa shape index (κ1) is 16.8. The van der Waals surface area contributed by atoms with Crippen LogP contribution in [0.2, 0.25) is 0 Å². The molecule has 1 aliphatic heterocycles. The van der Waals surface area contributed by atoms with Gasteiger partial charge in [0.1, 0.15) is 0 Å². The first-order valence-corrected chi connectivity index (χ1v) is 9.08. The third kappa shape index (κ3) is 3.23. The summed E-state index contributed by atoms with van der Waals surface area (Å²) in [5.74, 6) is -0.0424. The Morgan fingerprint density at radius 1 is 1.23 bits per heavy atom. The number of carbonyl (C=O) groups excluding carboxylic acids is 1. The van der Waals surface area contributed by atoms with E-state index in [1.807, 2.05) is 24.4 Å². The van der Waals surface area contributed by atoms with Gasteiger partial charge in [-0.3, -0.25) is 9.69 Å². The molecule has 3 N–H and O–H groups in total. The fourth-order valence-corrected chi connectivity index (χ4v) is 3.80. The van der Waals surface area contributed by atoms with E-state index >= 15 is 0 Å². The molecule has 5 nitrogen and oxygen atoms in total. The molecule has 1 aromatic heterocycles. The summed E-state index contributed by atoms with van der Waals surface area (Å²) in [7, 11) is 1.67. The molecule has 0 unspecified atom stereocenters. The fourth-order valence-electron chi connectivity index (χ4n) is 3.80. The van der Waals surface area contributed by atoms with Gasteiger partial charge in [-0.05, 0) is 35.4 Å². The van der Waals surface area contributed by atoms with Crippen molar-refractivity contribution in [3.05, 3.63) is 71.4 Å². The van der Waals surface area contributed by atoms with E-state index in [0.29, 0.717) is 5.56 Å². The van der Waals surface area contributed by atoms with Gasteiger partial charge in [0.25, 0.3) is 5.91 Å². The van der Waals surface area contributed by atoms with Gasteiger partial charge in [0.05, 0.1) is 0 Å². The maximum atomic E-state index is 12.0. The third-order valence-electron chi connectivity index (χ3n) is 5.17. The first-order valence-electron chi connectivity index (χ1n) is 9.08. The van der Waals surface area contributed by atoms with E-state index in [4.69, 9.17) is 0 Å². The summed E-state index contributed by atoms with van der Waals surface area (Å²) in [6.45, 7) is 3.75. The van der Waals surface area contributed by atoms with Crippen LogP contribution in [0, 0.1) is 0 Å². The van der Waals surface area contributed by atoms with Crippen molar-refractivity contribution in [2.45, 2.75) is 12.6 Å². The van der Waals surface area contributed by atoms with Crippen LogP contribution in [-0.2, 0) is 6.54 Å². The molecule has 1 saturated heterocycles. The van der Waals surface area contributed by atoms with Crippen LogP contribution in [0.4, 0.5) is 0 Å². The lowest BCUT2D eigenvalue weighted by molar-refractivity contribution is 0.0962. The Balaban J connectivity index is 1.63. The van der Waals surface area contributed by atoms with Crippen molar-refractivity contribution >= 4 is 16.8 Å². The summed E-state index contributed by atoms with van der Waals surface area (Å²) in [5.41, 5.74) is 4.40. The number of rotatable bonds is 4. The van der Waals surface area contributed by atoms with Crippen molar-refractivity contribution in [3.63, 3.8) is 0 Å². The molecule has 2 heterocycles. The first-order chi connectivity index (χ1) is 12.8. The number of nitrogens with one attached hydrogen (secondary N) is 3. The van der Waals surface area contributed by atoms with Crippen molar-refractivity contribution in [2.75, 3.05) is 26.7 Å². The number of aromatic nitrogens is 1. The number of aromatic amines is 1. The van der Waals surface area contributed by atoms with Crippen molar-refractivity contribution in [1.29, 1.82) is 0 Å². The largest absolute Gasteiger partial charge is 0.361 e. The Bertz CT molecular complexity index is 917. The van der Waals surface area contributed by atoms with Gasteiger partial charge in [-0.1, -0.05) is 24.3 Å². The van der Waals surface area contributed by atoms with Crippen LogP contribution in [0.25, 0.3) is 10.9 Å². The Hall–Kier alpha value is -2.63. The highest BCUT2D eigenvalue weighted by molar-refractivity contribution is 5.94. The molecule has 0 bridgehead atoms. The molecule has 0 spiro atoms. The molecule has 1 fully saturated rings. The summed E-state index contributed by atoms with van der Waals surface area (Å²) in [6.07, 6.45) is 2.00. The van der Waals surface area contributed by atoms with Crippen LogP contribution in [0.5, 0.6) is 0 Å². The molecule has 0 saturated carbocycles. The number of hydrogen-bond donors (Lipinski definition) is 3. The van der Waals surface area contributed by atoms with Gasteiger partial charge in [0.15, 0.2) is 0 Å². The molecule has 1 aliphatic rings. The minimum absolute atomic E-state index is 0.0424. The molecule has 0 radical (unpaired) electrons. The Morgan fingerprint density at radius 2 is 2.12 bits per heavy atom. The SMILES string of the molecule is CNC(=O)c1cccc([C@@H]2CNCCN2Cc2cccc3[nH]ccc23)c1. The lowest BCUT2D eigenvalue weighted by Crippen LogP contribution is -2.45. The van der Waals surface area contributed by atoms with E-state index in [1.165, 1.54) is 22.0 Å². The summed E-state index contributed by atoms with van der Waals surface area (Å²) in [6, 6.07) is 16.8. The van der Waals surface area contributed by atoms with E-state index in [2.05, 4.69) is 50.8 Å². The number of benzene rings is 2. The highest BCUT2D eigenvalue weighted by Gasteiger charge is 2.25. The van der Waals surface area contributed by atoms with Gasteiger partial charge >= 0.3 is 0 Å². The molecule has 134 valence electrons. The lowest BCUT2D eigenvalue weighted by Gasteiger charge is -2.37. The Kier molecular flexibility index (Phi) is 4.73. The van der Waals surface area contributed by atoms with Crippen LogP contribution < -0.4 is 10.6 Å². The van der Waals surface area contributed by atoms with Crippen molar-refractivity contribution in [2.24, 2.45) is 0 Å². The van der Waals surface area contributed by atoms with E-state index in [-0.39, 0.29) is 11.9 Å². The van der Waals surface area contributed by atoms with Crippen molar-refractivity contribution in [1.82, 2.24) is 20.5 Å². The molecule has 0 aliphatic carbocycles. The minimum atomic E-state index is -0.0424. The quantitative estimate of drug-likeness (QED) is 0.679. The monoisotopic (exact) mass is 348 g/mol. The molecular formula is C21H24N4O. The fraction of sp³-hybridized carbons (Fsp3) is 0.286. The molecule has 5 heteroatoms. The number of fused-ring (bicyclic) bond motifs is 1. The second-order valence-electron chi connectivity index (χ2n) is 6.75. The molecule has 1 atom stereocenters. The van der Waals surface area contributed by atoms with Crippen molar-refractivity contribution < 1.29 is 4.79 Å². The lowest BCUT2D eigenvalue weighted by atomic mass is 9.99. The molecular weight excluding hydrogens is 324 g/mol. The predicted octanol–water partition coefficient (Wildman–Crippen LogP) is 2.67. The van der Waals surface area contributed by atoms with Gasteiger partial charge in [0, 0.05) is 61.9 Å². The number of hydrogen-bond acceptors (Lipinski definition) is 3. The average molecular weight is 348 g/mol. The number of H-pyrrole nitrogens is 1. The Labute approximate surface area is 153 Å². The minimum Gasteiger partial charge on any atom is -0.361 e. The molecule has 2 aromatic carbocycles. The number of carbonyl (C=O) groups is 1. The zero-order chi connectivity index (χ0) is 17.9. The highest BCUT2D eigenvalue weighted by Crippen LogP contribution is 2.27. The molecule has 3 aromatic rings. The van der Waals surface area contributed by atoms with Gasteiger partial charge in [-0.15, -0.1) is 0 Å². The average Bonchev–Trinajstić information content (AvgIpc) is 3.18. The molecule has 1 amide bonds. The van der Waals surface area contributed by atoms with Crippen LogP contribution in [0.1, 0.15) is 27.5 Å². The van der Waals surface area contributed by atoms with E-state index in [0.717, 1.165) is 26.2 Å². The zero-order valence-electron chi connectivity index (χ0n) is 15.0. The standard InChI is InChI=1S/C21H24N4O/c1-22-21(26)16-5-2-4-15(12-16)20-13-23-10-11-25(20)14-17-6-3-7-19-18(17)8-9-24-19/h2-9,12,20,23-24H,10-11,13-14H2,1H3,(H,22,26)/t20-/m0/s1. The molecule has 26 heavy (non-hydrogen) atoms. The predicted molar refractivity (Wildman–Crippen MR) is 104 cm³/mol. The van der Waals surface area contributed by atoms with Gasteiger partial charge in [-0.25, -0.2) is 0 Å². The van der Waals surface area contributed by atoms with Crippen molar-refractivity contribution in [3.8, 4) is 0 Å². The van der Waals surface area contributed by atoms with E-state index < -0.39 is 0 Å². The summed E-state index contributed by atoms with van der Waals surface area (Å²) in [4.78, 5) is 17.8. The summed E-state index contributed by atoms with van der Waals surface area (Å²) < 4.78 is 0. The normalized spacial score (nSPS) is 18.1. The van der Waals surface area contributed by atoms with Crippen LogP contribution in [-0.4, -0.2) is 42.5 Å². The van der Waals surface area contributed by atoms with Gasteiger partial charge < -0.3 is 15.6 Å². The maximum absolute atomic E-state index is 12.0. The smallest absolute Gasteiger partial charge is 0.251 e. The third-order valence-corrected chi connectivity index (χ3v) is 5.17. The topological polar surface area (TPSA) is 60.2 Å². The number of nitrogens with zero attached hydrogens (tertiary/aromatic N) is 1. The molecule has 4 rings (SSSR count). The second kappa shape index (κ2) is 7.32. The number of amides is 1. The summed E-state index contributed by atoms with van der Waals surface area (Å²) in [5, 5.41) is 7.48. The van der Waals surface area contributed by atoms with E-state index in [1.54, 1.807) is 7.05 Å². The van der Waals surface area contributed by atoms with E-state index in [9.17, 15) is 4.79 Å². The van der Waals surface area contributed by atoms with Crippen LogP contribution in [0.15, 0.2) is 54.7 Å². The van der Waals surface area contributed by atoms with Crippen LogP contribution in [0.3, 0.4) is 0 Å². The second-order valence-corrected chi connectivity index (χ2v) is 6.75. The van der Waals surface area contributed by atoms with Gasteiger partial charge in [-0.2, -0.15) is 0 Å². The summed E-state index contributed by atoms with van der Waals surface area (Å²) >= 11 is 0. The van der Waals surface area contributed by atoms with Gasteiger partial charge in [0.2, 0.25) is 0 Å². The number of piperazine rings is 1. The zero-order valence-corrected chi connectivity index (χ0v) is 15.0. The maximum Gasteiger partial charge on any atom is 0.251 e. The highest BCUT2D eigenvalue weighted by atomic mass is 16.1. The Morgan fingerprint density at radius 3 is 3.00 bits per heavy atom.